The van der Waals surface area contributed by atoms with E-state index in [9.17, 15) is 0 Å². The first-order chi connectivity index (χ1) is 7.45. The summed E-state index contributed by atoms with van der Waals surface area (Å²) in [5.74, 6) is 0. The molecule has 4 nitrogen and oxygen atoms in total. The summed E-state index contributed by atoms with van der Waals surface area (Å²) in [7, 11) is 0.457. The standard InChI is InChI=1S/C10H21BN2O2/c1-3-9(7-12-5-1)14-11-15-10-4-2-6-13-8-10/h9-13H,1-8H2. The number of nitrogens with one attached hydrogen (secondary N) is 2. The van der Waals surface area contributed by atoms with Crippen LogP contribution in [-0.2, 0) is 9.31 Å². The average molecular weight is 212 g/mol. The van der Waals surface area contributed by atoms with Crippen LogP contribution in [0.5, 0.6) is 0 Å². The first kappa shape index (κ1) is 11.4. The third-order valence-electron chi connectivity index (χ3n) is 3.11. The van der Waals surface area contributed by atoms with Crippen molar-refractivity contribution in [3.05, 3.63) is 0 Å². The van der Waals surface area contributed by atoms with Gasteiger partial charge in [-0.15, -0.1) is 0 Å². The Hall–Kier alpha value is -0.0951. The number of piperidine rings is 2. The molecule has 0 aliphatic carbocycles. The van der Waals surface area contributed by atoms with Gasteiger partial charge >= 0.3 is 7.69 Å². The van der Waals surface area contributed by atoms with E-state index in [2.05, 4.69) is 10.6 Å². The summed E-state index contributed by atoms with van der Waals surface area (Å²) in [4.78, 5) is 0. The quantitative estimate of drug-likeness (QED) is 0.633. The molecule has 2 aliphatic heterocycles. The topological polar surface area (TPSA) is 42.5 Å². The van der Waals surface area contributed by atoms with E-state index >= 15 is 0 Å². The molecule has 0 bridgehead atoms. The lowest BCUT2D eigenvalue weighted by Gasteiger charge is -2.26. The number of rotatable bonds is 4. The summed E-state index contributed by atoms with van der Waals surface area (Å²) in [6.07, 6.45) is 5.48. The highest BCUT2D eigenvalue weighted by atomic mass is 16.6. The van der Waals surface area contributed by atoms with Crippen molar-refractivity contribution >= 4 is 7.69 Å². The highest BCUT2D eigenvalue weighted by molar-refractivity contribution is 6.18. The predicted octanol–water partition coefficient (Wildman–Crippen LogP) is -0.210. The minimum Gasteiger partial charge on any atom is -0.410 e. The fraction of sp³-hybridized carbons (Fsp3) is 1.00. The molecule has 0 amide bonds. The van der Waals surface area contributed by atoms with E-state index in [0.29, 0.717) is 19.9 Å². The zero-order valence-electron chi connectivity index (χ0n) is 9.34. The zero-order valence-corrected chi connectivity index (χ0v) is 9.34. The van der Waals surface area contributed by atoms with Gasteiger partial charge in [-0.25, -0.2) is 0 Å². The second-order valence-corrected chi connectivity index (χ2v) is 4.39. The van der Waals surface area contributed by atoms with Gasteiger partial charge < -0.3 is 19.9 Å². The smallest absolute Gasteiger partial charge is 0.410 e. The van der Waals surface area contributed by atoms with Gasteiger partial charge in [0.05, 0.1) is 12.2 Å². The first-order valence-corrected chi connectivity index (χ1v) is 6.10. The molecule has 0 aromatic carbocycles. The molecule has 2 atom stereocenters. The van der Waals surface area contributed by atoms with E-state index in [-0.39, 0.29) is 0 Å². The van der Waals surface area contributed by atoms with Crippen molar-refractivity contribution in [1.82, 2.24) is 10.6 Å². The predicted molar refractivity (Wildman–Crippen MR) is 61.1 cm³/mol. The second-order valence-electron chi connectivity index (χ2n) is 4.39. The Morgan fingerprint density at radius 3 is 1.80 bits per heavy atom. The Kier molecular flexibility index (Phi) is 4.92. The maximum atomic E-state index is 5.67. The van der Waals surface area contributed by atoms with Gasteiger partial charge in [-0.3, -0.25) is 0 Å². The Bertz CT molecular complexity index is 153. The van der Waals surface area contributed by atoms with Crippen molar-refractivity contribution in [1.29, 1.82) is 0 Å². The van der Waals surface area contributed by atoms with Gasteiger partial charge in [0.25, 0.3) is 0 Å². The average Bonchev–Trinajstić information content (AvgIpc) is 2.32. The highest BCUT2D eigenvalue weighted by Gasteiger charge is 2.17. The largest absolute Gasteiger partial charge is 0.438 e. The Morgan fingerprint density at radius 1 is 0.867 bits per heavy atom. The van der Waals surface area contributed by atoms with Crippen LogP contribution in [0.1, 0.15) is 25.7 Å². The molecule has 0 aromatic rings. The summed E-state index contributed by atoms with van der Waals surface area (Å²) in [5, 5.41) is 6.66. The van der Waals surface area contributed by atoms with E-state index < -0.39 is 0 Å². The van der Waals surface area contributed by atoms with Crippen molar-refractivity contribution in [2.24, 2.45) is 0 Å². The normalized spacial score (nSPS) is 32.5. The van der Waals surface area contributed by atoms with Crippen LogP contribution in [-0.4, -0.2) is 46.1 Å². The van der Waals surface area contributed by atoms with Crippen LogP contribution in [0.4, 0.5) is 0 Å². The lowest BCUT2D eigenvalue weighted by atomic mass is 10.1. The molecule has 5 heteroatoms. The van der Waals surface area contributed by atoms with E-state index in [4.69, 9.17) is 9.31 Å². The zero-order chi connectivity index (χ0) is 10.3. The van der Waals surface area contributed by atoms with Gasteiger partial charge in [0.1, 0.15) is 0 Å². The number of hydrogen-bond donors (Lipinski definition) is 2. The maximum absolute atomic E-state index is 5.67. The summed E-state index contributed by atoms with van der Waals surface area (Å²) in [5.41, 5.74) is 0. The van der Waals surface area contributed by atoms with Gasteiger partial charge in [-0.05, 0) is 38.8 Å². The molecule has 2 saturated heterocycles. The Labute approximate surface area is 92.4 Å². The SMILES string of the molecule is B(OC1CCCNC1)OC1CCCNC1. The fourth-order valence-corrected chi connectivity index (χ4v) is 2.16. The first-order valence-electron chi connectivity index (χ1n) is 6.10. The van der Waals surface area contributed by atoms with Gasteiger partial charge in [-0.1, -0.05) is 0 Å². The molecule has 0 radical (unpaired) electrons. The molecular weight excluding hydrogens is 191 g/mol. The molecule has 0 spiro atoms. The molecule has 2 unspecified atom stereocenters. The third-order valence-corrected chi connectivity index (χ3v) is 3.11. The van der Waals surface area contributed by atoms with E-state index in [0.717, 1.165) is 26.2 Å². The summed E-state index contributed by atoms with van der Waals surface area (Å²) in [6.45, 7) is 4.22. The Morgan fingerprint density at radius 2 is 1.40 bits per heavy atom. The summed E-state index contributed by atoms with van der Waals surface area (Å²) < 4.78 is 11.3. The van der Waals surface area contributed by atoms with Crippen LogP contribution in [0, 0.1) is 0 Å². The second kappa shape index (κ2) is 6.48. The van der Waals surface area contributed by atoms with Gasteiger partial charge in [-0.2, -0.15) is 0 Å². The minimum atomic E-state index is 0.357. The van der Waals surface area contributed by atoms with Crippen LogP contribution >= 0.6 is 0 Å². The monoisotopic (exact) mass is 212 g/mol. The molecular formula is C10H21BN2O2. The van der Waals surface area contributed by atoms with Crippen molar-refractivity contribution in [3.8, 4) is 0 Å². The van der Waals surface area contributed by atoms with Gasteiger partial charge in [0, 0.05) is 13.1 Å². The van der Waals surface area contributed by atoms with Crippen molar-refractivity contribution < 1.29 is 9.31 Å². The lowest BCUT2D eigenvalue weighted by molar-refractivity contribution is 0.0932. The molecule has 2 heterocycles. The van der Waals surface area contributed by atoms with Crippen LogP contribution < -0.4 is 10.6 Å². The van der Waals surface area contributed by atoms with Crippen LogP contribution in [0.2, 0.25) is 0 Å². The van der Waals surface area contributed by atoms with Crippen LogP contribution in [0.15, 0.2) is 0 Å². The number of hydrogen-bond acceptors (Lipinski definition) is 4. The van der Waals surface area contributed by atoms with Crippen molar-refractivity contribution in [3.63, 3.8) is 0 Å². The molecule has 2 aliphatic rings. The van der Waals surface area contributed by atoms with Crippen molar-refractivity contribution in [2.45, 2.75) is 37.9 Å². The minimum absolute atomic E-state index is 0.357. The van der Waals surface area contributed by atoms with E-state index in [1.807, 2.05) is 0 Å². The fourth-order valence-electron chi connectivity index (χ4n) is 2.16. The summed E-state index contributed by atoms with van der Waals surface area (Å²) >= 11 is 0. The van der Waals surface area contributed by atoms with Crippen LogP contribution in [0.25, 0.3) is 0 Å². The van der Waals surface area contributed by atoms with Gasteiger partial charge in [0.2, 0.25) is 0 Å². The van der Waals surface area contributed by atoms with E-state index in [1.54, 1.807) is 0 Å². The lowest BCUT2D eigenvalue weighted by Crippen LogP contribution is -2.39. The summed E-state index contributed by atoms with van der Waals surface area (Å²) in [6, 6.07) is 0. The van der Waals surface area contributed by atoms with Crippen LogP contribution in [0.3, 0.4) is 0 Å². The molecule has 15 heavy (non-hydrogen) atoms. The third kappa shape index (κ3) is 4.11. The highest BCUT2D eigenvalue weighted by Crippen LogP contribution is 2.08. The van der Waals surface area contributed by atoms with Gasteiger partial charge in [0.15, 0.2) is 0 Å². The maximum Gasteiger partial charge on any atom is 0.438 e. The molecule has 2 N–H and O–H groups in total. The Balaban J connectivity index is 1.53. The van der Waals surface area contributed by atoms with Crippen molar-refractivity contribution in [2.75, 3.05) is 26.2 Å². The van der Waals surface area contributed by atoms with E-state index in [1.165, 1.54) is 25.7 Å². The molecule has 86 valence electrons. The molecule has 0 saturated carbocycles. The molecule has 2 rings (SSSR count). The molecule has 2 fully saturated rings. The molecule has 0 aromatic heterocycles.